The van der Waals surface area contributed by atoms with Gasteiger partial charge in [-0.15, -0.1) is 24.8 Å². The maximum Gasteiger partial charge on any atom is 0.227 e. The van der Waals surface area contributed by atoms with Crippen LogP contribution >= 0.6 is 24.8 Å². The maximum atomic E-state index is 12.2. The summed E-state index contributed by atoms with van der Waals surface area (Å²) in [5.41, 5.74) is 6.17. The number of sulfone groups is 1. The van der Waals surface area contributed by atoms with Gasteiger partial charge in [0.2, 0.25) is 5.91 Å². The molecule has 0 saturated heterocycles. The standard InChI is InChI=1S/C13H19N3O3S.2ClH/c1-20(18,19)12-6-5-10(8-15-12)16-13(17)11-4-2-3-9(11)7-14;;/h5-6,8-9,11H,2-4,7,14H2,1H3,(H,16,17);2*1H/t9-,11-;;/m1../s1. The number of hydrogen-bond acceptors (Lipinski definition) is 5. The van der Waals surface area contributed by atoms with Crippen molar-refractivity contribution in [2.75, 3.05) is 18.1 Å². The zero-order valence-electron chi connectivity index (χ0n) is 12.2. The number of amides is 1. The number of aromatic nitrogens is 1. The van der Waals surface area contributed by atoms with Gasteiger partial charge in [0.1, 0.15) is 0 Å². The third kappa shape index (κ3) is 5.08. The van der Waals surface area contributed by atoms with E-state index >= 15 is 0 Å². The fourth-order valence-corrected chi connectivity index (χ4v) is 3.13. The highest BCUT2D eigenvalue weighted by molar-refractivity contribution is 7.90. The summed E-state index contributed by atoms with van der Waals surface area (Å²) in [4.78, 5) is 16.0. The lowest BCUT2D eigenvalue weighted by atomic mass is 9.95. The molecule has 0 aromatic carbocycles. The molecule has 3 N–H and O–H groups in total. The second-order valence-corrected chi connectivity index (χ2v) is 7.14. The number of anilines is 1. The van der Waals surface area contributed by atoms with E-state index < -0.39 is 9.84 Å². The van der Waals surface area contributed by atoms with Crippen molar-refractivity contribution in [1.82, 2.24) is 4.98 Å². The first-order chi connectivity index (χ1) is 9.41. The van der Waals surface area contributed by atoms with E-state index in [2.05, 4.69) is 10.3 Å². The Morgan fingerprint density at radius 2 is 2.05 bits per heavy atom. The minimum atomic E-state index is -3.32. The third-order valence-electron chi connectivity index (χ3n) is 3.68. The molecule has 0 aliphatic heterocycles. The molecule has 0 bridgehead atoms. The lowest BCUT2D eigenvalue weighted by Gasteiger charge is -2.17. The molecule has 6 nitrogen and oxygen atoms in total. The minimum absolute atomic E-state index is 0. The molecule has 1 aliphatic rings. The van der Waals surface area contributed by atoms with Gasteiger partial charge in [-0.2, -0.15) is 0 Å². The van der Waals surface area contributed by atoms with E-state index in [1.807, 2.05) is 0 Å². The summed E-state index contributed by atoms with van der Waals surface area (Å²) < 4.78 is 22.6. The Morgan fingerprint density at radius 3 is 2.55 bits per heavy atom. The maximum absolute atomic E-state index is 12.2. The molecule has 0 spiro atoms. The second-order valence-electron chi connectivity index (χ2n) is 5.18. The van der Waals surface area contributed by atoms with Crippen molar-refractivity contribution in [3.63, 3.8) is 0 Å². The summed E-state index contributed by atoms with van der Waals surface area (Å²) >= 11 is 0. The van der Waals surface area contributed by atoms with E-state index in [1.165, 1.54) is 12.3 Å². The summed E-state index contributed by atoms with van der Waals surface area (Å²) in [6.07, 6.45) is 5.31. The molecule has 9 heteroatoms. The van der Waals surface area contributed by atoms with E-state index in [1.54, 1.807) is 6.07 Å². The summed E-state index contributed by atoms with van der Waals surface area (Å²) in [5.74, 6) is 0.111. The molecule has 0 radical (unpaired) electrons. The van der Waals surface area contributed by atoms with Crippen molar-refractivity contribution in [1.29, 1.82) is 0 Å². The molecule has 2 rings (SSSR count). The summed E-state index contributed by atoms with van der Waals surface area (Å²) in [7, 11) is -3.32. The molecule has 126 valence electrons. The van der Waals surface area contributed by atoms with Crippen LogP contribution in [0.3, 0.4) is 0 Å². The van der Waals surface area contributed by atoms with Crippen LogP contribution in [0.1, 0.15) is 19.3 Å². The van der Waals surface area contributed by atoms with Gasteiger partial charge in [0.25, 0.3) is 0 Å². The molecular formula is C13H21Cl2N3O3S. The fraction of sp³-hybridized carbons (Fsp3) is 0.538. The Balaban J connectivity index is 0.00000220. The van der Waals surface area contributed by atoms with Crippen LogP contribution in [0.15, 0.2) is 23.4 Å². The average molecular weight is 370 g/mol. The zero-order valence-corrected chi connectivity index (χ0v) is 14.6. The first-order valence-electron chi connectivity index (χ1n) is 6.59. The fourth-order valence-electron chi connectivity index (χ4n) is 2.57. The van der Waals surface area contributed by atoms with Gasteiger partial charge in [-0.3, -0.25) is 4.79 Å². The third-order valence-corrected chi connectivity index (χ3v) is 4.68. The minimum Gasteiger partial charge on any atom is -0.330 e. The topological polar surface area (TPSA) is 102 Å². The molecule has 0 unspecified atom stereocenters. The lowest BCUT2D eigenvalue weighted by Crippen LogP contribution is -2.29. The summed E-state index contributed by atoms with van der Waals surface area (Å²) in [5, 5.41) is 2.77. The SMILES string of the molecule is CS(=O)(=O)c1ccc(NC(=O)[C@@H]2CCC[C@@H]2CN)cn1.Cl.Cl. The summed E-state index contributed by atoms with van der Waals surface area (Å²) in [6, 6.07) is 2.94. The number of pyridine rings is 1. The Bertz CT molecular complexity index is 593. The Hall–Kier alpha value is -0.890. The number of carbonyl (C=O) groups is 1. The zero-order chi connectivity index (χ0) is 14.8. The highest BCUT2D eigenvalue weighted by Gasteiger charge is 2.31. The van der Waals surface area contributed by atoms with E-state index in [-0.39, 0.29) is 47.6 Å². The number of nitrogens with two attached hydrogens (primary N) is 1. The Labute approximate surface area is 143 Å². The number of nitrogens with zero attached hydrogens (tertiary/aromatic N) is 1. The van der Waals surface area contributed by atoms with Crippen molar-refractivity contribution < 1.29 is 13.2 Å². The molecule has 1 aromatic heterocycles. The molecule has 1 fully saturated rings. The molecule has 1 heterocycles. The van der Waals surface area contributed by atoms with Crippen LogP contribution in [0, 0.1) is 11.8 Å². The van der Waals surface area contributed by atoms with Gasteiger partial charge in [0.15, 0.2) is 14.9 Å². The quantitative estimate of drug-likeness (QED) is 0.839. The van der Waals surface area contributed by atoms with Crippen LogP contribution < -0.4 is 11.1 Å². The van der Waals surface area contributed by atoms with Crippen molar-refractivity contribution >= 4 is 46.2 Å². The molecular weight excluding hydrogens is 349 g/mol. The van der Waals surface area contributed by atoms with Gasteiger partial charge in [0.05, 0.1) is 11.9 Å². The monoisotopic (exact) mass is 369 g/mol. The first-order valence-corrected chi connectivity index (χ1v) is 8.48. The second kappa shape index (κ2) is 8.67. The van der Waals surface area contributed by atoms with Crippen molar-refractivity contribution in [3.8, 4) is 0 Å². The highest BCUT2D eigenvalue weighted by Crippen LogP contribution is 2.31. The Morgan fingerprint density at radius 1 is 1.36 bits per heavy atom. The number of nitrogens with one attached hydrogen (secondary N) is 1. The van der Waals surface area contributed by atoms with E-state index in [0.29, 0.717) is 12.2 Å². The highest BCUT2D eigenvalue weighted by atomic mass is 35.5. The number of carbonyl (C=O) groups excluding carboxylic acids is 1. The van der Waals surface area contributed by atoms with E-state index in [4.69, 9.17) is 5.73 Å². The van der Waals surface area contributed by atoms with Gasteiger partial charge in [0, 0.05) is 12.2 Å². The number of rotatable bonds is 4. The van der Waals surface area contributed by atoms with Gasteiger partial charge < -0.3 is 11.1 Å². The smallest absolute Gasteiger partial charge is 0.227 e. The van der Waals surface area contributed by atoms with Gasteiger partial charge >= 0.3 is 0 Å². The number of halogens is 2. The largest absolute Gasteiger partial charge is 0.330 e. The molecule has 22 heavy (non-hydrogen) atoms. The predicted molar refractivity (Wildman–Crippen MR) is 90.4 cm³/mol. The predicted octanol–water partition coefficient (Wildman–Crippen LogP) is 1.64. The van der Waals surface area contributed by atoms with E-state index in [0.717, 1.165) is 25.5 Å². The van der Waals surface area contributed by atoms with Gasteiger partial charge in [-0.1, -0.05) is 6.42 Å². The van der Waals surface area contributed by atoms with E-state index in [9.17, 15) is 13.2 Å². The van der Waals surface area contributed by atoms with Crippen LogP contribution in [0.4, 0.5) is 5.69 Å². The molecule has 2 atom stereocenters. The van der Waals surface area contributed by atoms with Crippen molar-refractivity contribution in [3.05, 3.63) is 18.3 Å². The summed E-state index contributed by atoms with van der Waals surface area (Å²) in [6.45, 7) is 0.517. The van der Waals surface area contributed by atoms with Gasteiger partial charge in [-0.05, 0) is 37.4 Å². The molecule has 1 saturated carbocycles. The lowest BCUT2D eigenvalue weighted by molar-refractivity contribution is -0.120. The van der Waals surface area contributed by atoms with Gasteiger partial charge in [-0.25, -0.2) is 13.4 Å². The average Bonchev–Trinajstić information content (AvgIpc) is 2.86. The van der Waals surface area contributed by atoms with Crippen LogP contribution in [-0.2, 0) is 14.6 Å². The molecule has 1 aromatic rings. The van der Waals surface area contributed by atoms with Crippen LogP contribution in [0.25, 0.3) is 0 Å². The first kappa shape index (κ1) is 21.1. The van der Waals surface area contributed by atoms with Crippen LogP contribution in [0.2, 0.25) is 0 Å². The molecule has 1 aliphatic carbocycles. The Kier molecular flexibility index (Phi) is 8.32. The van der Waals surface area contributed by atoms with Crippen LogP contribution in [-0.4, -0.2) is 32.1 Å². The normalized spacial score (nSPS) is 20.6. The molecule has 1 amide bonds. The van der Waals surface area contributed by atoms with Crippen molar-refractivity contribution in [2.45, 2.75) is 24.3 Å². The van der Waals surface area contributed by atoms with Crippen molar-refractivity contribution in [2.24, 2.45) is 17.6 Å². The van der Waals surface area contributed by atoms with Crippen LogP contribution in [0.5, 0.6) is 0 Å². The number of hydrogen-bond donors (Lipinski definition) is 2.